The first kappa shape index (κ1) is 21.6. The lowest BCUT2D eigenvalue weighted by Gasteiger charge is -2.10. The van der Waals surface area contributed by atoms with E-state index in [1.54, 1.807) is 6.07 Å². The van der Waals surface area contributed by atoms with Crippen molar-refractivity contribution in [2.75, 3.05) is 12.4 Å². The smallest absolute Gasteiger partial charge is 0.250 e. The predicted molar refractivity (Wildman–Crippen MR) is 113 cm³/mol. The molecule has 10 heteroatoms. The van der Waals surface area contributed by atoms with E-state index in [2.05, 4.69) is 52.4 Å². The number of aromatic hydroxyl groups is 1. The maximum atomic E-state index is 12.0. The third kappa shape index (κ3) is 6.18. The topological polar surface area (TPSA) is 96.7 Å². The summed E-state index contributed by atoms with van der Waals surface area (Å²) in [5.41, 5.74) is 4.81. The first-order chi connectivity index (χ1) is 12.8. The van der Waals surface area contributed by atoms with Crippen molar-refractivity contribution in [1.29, 1.82) is 0 Å². The van der Waals surface area contributed by atoms with Gasteiger partial charge in [0.25, 0.3) is 5.91 Å². The number of ether oxygens (including phenoxy) is 1. The number of phenolic OH excluding ortho intramolecular Hbond substituents is 1. The Bertz CT molecular complexity index is 857. The molecule has 144 valence electrons. The highest BCUT2D eigenvalue weighted by molar-refractivity contribution is 9.13. The van der Waals surface area contributed by atoms with Crippen LogP contribution in [0, 0.1) is 13.8 Å². The molecule has 0 saturated carbocycles. The van der Waals surface area contributed by atoms with Crippen molar-refractivity contribution in [1.82, 2.24) is 15.4 Å². The van der Waals surface area contributed by atoms with Crippen LogP contribution in [0.15, 0.2) is 31.3 Å². The van der Waals surface area contributed by atoms with Crippen LogP contribution in [0.2, 0.25) is 0 Å². The number of hydrogen-bond donors (Lipinski definition) is 2. The number of rotatable bonds is 7. The average Bonchev–Trinajstić information content (AvgIpc) is 2.61. The fraction of sp³-hybridized carbons (Fsp3) is 0.294. The highest BCUT2D eigenvalue weighted by Crippen LogP contribution is 2.41. The lowest BCUT2D eigenvalue weighted by Crippen LogP contribution is -2.20. The summed E-state index contributed by atoms with van der Waals surface area (Å²) in [6.45, 7) is 5.99. The van der Waals surface area contributed by atoms with E-state index in [1.165, 1.54) is 18.0 Å². The predicted octanol–water partition coefficient (Wildman–Crippen LogP) is 3.97. The quantitative estimate of drug-likeness (QED) is 0.250. The Morgan fingerprint density at radius 3 is 2.59 bits per heavy atom. The van der Waals surface area contributed by atoms with E-state index in [4.69, 9.17) is 4.74 Å². The van der Waals surface area contributed by atoms with Crippen LogP contribution in [-0.4, -0.2) is 39.6 Å². The Hall–Kier alpha value is -1.65. The van der Waals surface area contributed by atoms with Crippen molar-refractivity contribution in [3.05, 3.63) is 38.0 Å². The van der Waals surface area contributed by atoms with Crippen molar-refractivity contribution in [3.63, 3.8) is 0 Å². The maximum Gasteiger partial charge on any atom is 0.250 e. The van der Waals surface area contributed by atoms with Gasteiger partial charge in [-0.3, -0.25) is 4.79 Å². The van der Waals surface area contributed by atoms with Gasteiger partial charge in [0, 0.05) is 21.4 Å². The number of hydrogen-bond acceptors (Lipinski definition) is 7. The molecule has 1 aromatic heterocycles. The number of phenols is 1. The van der Waals surface area contributed by atoms with Crippen molar-refractivity contribution < 1.29 is 14.6 Å². The Balaban J connectivity index is 1.99. The van der Waals surface area contributed by atoms with Gasteiger partial charge < -0.3 is 9.84 Å². The second kappa shape index (κ2) is 10.0. The summed E-state index contributed by atoms with van der Waals surface area (Å²) in [6, 6.07) is 3.50. The summed E-state index contributed by atoms with van der Waals surface area (Å²) >= 11 is 7.90. The van der Waals surface area contributed by atoms with Gasteiger partial charge >= 0.3 is 0 Å². The molecule has 2 aromatic rings. The molecule has 7 nitrogen and oxygen atoms in total. The van der Waals surface area contributed by atoms with Crippen LogP contribution in [-0.2, 0) is 4.79 Å². The van der Waals surface area contributed by atoms with E-state index in [0.717, 1.165) is 11.4 Å². The first-order valence-corrected chi connectivity index (χ1v) is 10.5. The van der Waals surface area contributed by atoms with Crippen molar-refractivity contribution in [3.8, 4) is 11.5 Å². The van der Waals surface area contributed by atoms with Crippen LogP contribution >= 0.6 is 43.6 Å². The largest absolute Gasteiger partial charge is 0.503 e. The second-order valence-electron chi connectivity index (χ2n) is 5.39. The zero-order valence-electron chi connectivity index (χ0n) is 14.9. The van der Waals surface area contributed by atoms with E-state index < -0.39 is 0 Å². The summed E-state index contributed by atoms with van der Waals surface area (Å²) in [5, 5.41) is 14.5. The monoisotopic (exact) mass is 516 g/mol. The summed E-state index contributed by atoms with van der Waals surface area (Å²) in [7, 11) is 0. The number of nitrogens with one attached hydrogen (secondary N) is 1. The minimum absolute atomic E-state index is 0.00485. The fourth-order valence-corrected chi connectivity index (χ4v) is 3.64. The standard InChI is InChI=1S/C17H18Br2N4O3S/c1-4-26-12-6-11(14(18)15(19)16(12)25)7-20-23-13(24)8-27-17-21-9(2)5-10(3)22-17/h5-7,25H,4,8H2,1-3H3,(H,23,24)/b20-7-. The number of amides is 1. The summed E-state index contributed by atoms with van der Waals surface area (Å²) in [4.78, 5) is 20.5. The molecule has 2 rings (SSSR count). The van der Waals surface area contributed by atoms with Gasteiger partial charge in [0.1, 0.15) is 0 Å². The van der Waals surface area contributed by atoms with Gasteiger partial charge in [-0.05, 0) is 64.8 Å². The van der Waals surface area contributed by atoms with Gasteiger partial charge in [-0.25, -0.2) is 15.4 Å². The van der Waals surface area contributed by atoms with Gasteiger partial charge in [-0.2, -0.15) is 5.10 Å². The Morgan fingerprint density at radius 1 is 1.30 bits per heavy atom. The van der Waals surface area contributed by atoms with Crippen LogP contribution in [0.5, 0.6) is 11.5 Å². The second-order valence-corrected chi connectivity index (χ2v) is 7.92. The third-order valence-electron chi connectivity index (χ3n) is 3.16. The Labute approximate surface area is 178 Å². The third-order valence-corrected chi connectivity index (χ3v) is 6.17. The summed E-state index contributed by atoms with van der Waals surface area (Å²) in [5.74, 6) is 0.181. The average molecular weight is 518 g/mol. The highest BCUT2D eigenvalue weighted by atomic mass is 79.9. The molecule has 0 bridgehead atoms. The van der Waals surface area contributed by atoms with Gasteiger partial charge in [0.05, 0.1) is 23.0 Å². The van der Waals surface area contributed by atoms with Crippen LogP contribution in [0.3, 0.4) is 0 Å². The van der Waals surface area contributed by atoms with Crippen LogP contribution in [0.1, 0.15) is 23.9 Å². The van der Waals surface area contributed by atoms with Gasteiger partial charge in [-0.1, -0.05) is 11.8 Å². The molecule has 0 unspecified atom stereocenters. The normalized spacial score (nSPS) is 11.0. The number of carbonyl (C=O) groups is 1. The van der Waals surface area contributed by atoms with Crippen LogP contribution < -0.4 is 10.2 Å². The molecule has 1 amide bonds. The van der Waals surface area contributed by atoms with Gasteiger partial charge in [-0.15, -0.1) is 0 Å². The molecule has 1 heterocycles. The molecule has 0 aliphatic rings. The molecule has 0 aliphatic heterocycles. The molecule has 0 aliphatic carbocycles. The van der Waals surface area contributed by atoms with E-state index in [-0.39, 0.29) is 17.4 Å². The molecule has 27 heavy (non-hydrogen) atoms. The Morgan fingerprint density at radius 2 is 1.96 bits per heavy atom. The number of carbonyl (C=O) groups excluding carboxylic acids is 1. The van der Waals surface area contributed by atoms with Crippen molar-refractivity contribution in [2.45, 2.75) is 25.9 Å². The zero-order chi connectivity index (χ0) is 20.0. The summed E-state index contributed by atoms with van der Waals surface area (Å²) in [6.07, 6.45) is 1.46. The van der Waals surface area contributed by atoms with Gasteiger partial charge in [0.2, 0.25) is 0 Å². The number of thioether (sulfide) groups is 1. The highest BCUT2D eigenvalue weighted by Gasteiger charge is 2.14. The van der Waals surface area contributed by atoms with E-state index in [1.807, 2.05) is 26.8 Å². The molecular weight excluding hydrogens is 500 g/mol. The minimum Gasteiger partial charge on any atom is -0.503 e. The fourth-order valence-electron chi connectivity index (χ4n) is 2.07. The van der Waals surface area contributed by atoms with E-state index in [0.29, 0.717) is 32.0 Å². The number of hydrazone groups is 1. The number of benzene rings is 1. The molecular formula is C17H18Br2N4O3S. The maximum absolute atomic E-state index is 12.0. The molecule has 0 spiro atoms. The van der Waals surface area contributed by atoms with E-state index in [9.17, 15) is 9.90 Å². The zero-order valence-corrected chi connectivity index (χ0v) is 18.9. The van der Waals surface area contributed by atoms with E-state index >= 15 is 0 Å². The molecule has 0 fully saturated rings. The number of nitrogens with zero attached hydrogens (tertiary/aromatic N) is 3. The number of aryl methyl sites for hydroxylation is 2. The molecule has 0 radical (unpaired) electrons. The lowest BCUT2D eigenvalue weighted by molar-refractivity contribution is -0.118. The van der Waals surface area contributed by atoms with Crippen LogP contribution in [0.4, 0.5) is 0 Å². The molecule has 0 saturated heterocycles. The van der Waals surface area contributed by atoms with Crippen molar-refractivity contribution >= 4 is 55.7 Å². The molecule has 0 atom stereocenters. The first-order valence-electron chi connectivity index (χ1n) is 7.92. The number of halogens is 2. The SMILES string of the molecule is CCOc1cc(/C=N\NC(=O)CSc2nc(C)cc(C)n2)c(Br)c(Br)c1O. The van der Waals surface area contributed by atoms with Crippen LogP contribution in [0.25, 0.3) is 0 Å². The molecule has 1 aromatic carbocycles. The minimum atomic E-state index is -0.280. The molecule has 2 N–H and O–H groups in total. The summed E-state index contributed by atoms with van der Waals surface area (Å²) < 4.78 is 6.42. The lowest BCUT2D eigenvalue weighted by atomic mass is 10.2. The number of aromatic nitrogens is 2. The van der Waals surface area contributed by atoms with Gasteiger partial charge in [0.15, 0.2) is 16.7 Å². The van der Waals surface area contributed by atoms with Crippen molar-refractivity contribution in [2.24, 2.45) is 5.10 Å². The Kier molecular flexibility index (Phi) is 8.06.